The van der Waals surface area contributed by atoms with E-state index in [1.165, 1.54) is 5.56 Å². The van der Waals surface area contributed by atoms with Gasteiger partial charge in [0.1, 0.15) is 0 Å². The van der Waals surface area contributed by atoms with Crippen LogP contribution in [0.3, 0.4) is 0 Å². The van der Waals surface area contributed by atoms with Crippen molar-refractivity contribution in [3.05, 3.63) is 36.0 Å². The molecule has 6 heteroatoms. The van der Waals surface area contributed by atoms with Crippen LogP contribution < -0.4 is 10.6 Å². The number of rotatable bonds is 5. The second kappa shape index (κ2) is 7.13. The maximum absolute atomic E-state index is 5.61. The molecule has 24 heavy (non-hydrogen) atoms. The van der Waals surface area contributed by atoms with E-state index in [-0.39, 0.29) is 11.5 Å². The van der Waals surface area contributed by atoms with E-state index < -0.39 is 0 Å². The van der Waals surface area contributed by atoms with Gasteiger partial charge in [0.05, 0.1) is 12.3 Å². The van der Waals surface area contributed by atoms with Gasteiger partial charge in [-0.05, 0) is 29.9 Å². The molecule has 0 spiro atoms. The van der Waals surface area contributed by atoms with Gasteiger partial charge >= 0.3 is 0 Å². The van der Waals surface area contributed by atoms with Crippen molar-refractivity contribution in [3.63, 3.8) is 0 Å². The first-order valence-electron chi connectivity index (χ1n) is 8.44. The van der Waals surface area contributed by atoms with Crippen molar-refractivity contribution in [3.8, 4) is 0 Å². The number of nitrogens with one attached hydrogen (secondary N) is 2. The second-order valence-corrected chi connectivity index (χ2v) is 7.10. The van der Waals surface area contributed by atoms with Crippen LogP contribution in [0.5, 0.6) is 0 Å². The normalized spacial score (nSPS) is 17.7. The molecule has 2 aromatic rings. The summed E-state index contributed by atoms with van der Waals surface area (Å²) >= 11 is 0. The number of ether oxygens (including phenoxy) is 1. The van der Waals surface area contributed by atoms with Crippen molar-refractivity contribution in [2.24, 2.45) is 0 Å². The lowest BCUT2D eigenvalue weighted by molar-refractivity contribution is 0.120. The van der Waals surface area contributed by atoms with Crippen LogP contribution in [0.4, 0.5) is 17.5 Å². The fourth-order valence-corrected chi connectivity index (χ4v) is 2.83. The number of para-hydroxylation sites is 1. The highest BCUT2D eigenvalue weighted by molar-refractivity contribution is 5.60. The Bertz CT molecular complexity index is 677. The van der Waals surface area contributed by atoms with Gasteiger partial charge in [-0.1, -0.05) is 39.0 Å². The Labute approximate surface area is 143 Å². The number of benzene rings is 1. The molecule has 1 fully saturated rings. The Morgan fingerprint density at radius 1 is 1.25 bits per heavy atom. The summed E-state index contributed by atoms with van der Waals surface area (Å²) in [5.74, 6) is 1.19. The second-order valence-electron chi connectivity index (χ2n) is 7.10. The summed E-state index contributed by atoms with van der Waals surface area (Å²) in [6, 6.07) is 8.21. The maximum Gasteiger partial charge on any atom is 0.249 e. The molecule has 3 rings (SSSR count). The standard InChI is InChI=1S/C18H25N5O/c1-18(2,3)14-8-4-5-9-15(14)21-17-22-16(12-20-23-17)19-11-13-7-6-10-24-13/h4-5,8-9,12-13H,6-7,10-11H2,1-3H3,(H2,19,21,22,23). The number of aromatic nitrogens is 3. The summed E-state index contributed by atoms with van der Waals surface area (Å²) in [4.78, 5) is 4.50. The molecule has 128 valence electrons. The fraction of sp³-hybridized carbons (Fsp3) is 0.500. The molecular formula is C18H25N5O. The van der Waals surface area contributed by atoms with E-state index in [4.69, 9.17) is 4.74 Å². The van der Waals surface area contributed by atoms with Gasteiger partial charge in [0, 0.05) is 18.8 Å². The van der Waals surface area contributed by atoms with Crippen molar-refractivity contribution >= 4 is 17.5 Å². The van der Waals surface area contributed by atoms with Crippen molar-refractivity contribution in [1.29, 1.82) is 0 Å². The third kappa shape index (κ3) is 4.20. The van der Waals surface area contributed by atoms with Crippen LogP contribution in [-0.2, 0) is 10.2 Å². The molecule has 0 amide bonds. The average molecular weight is 327 g/mol. The molecule has 2 heterocycles. The molecule has 2 N–H and O–H groups in total. The summed E-state index contributed by atoms with van der Waals surface area (Å²) in [7, 11) is 0. The molecule has 0 radical (unpaired) electrons. The monoisotopic (exact) mass is 327 g/mol. The molecule has 1 atom stereocenters. The van der Waals surface area contributed by atoms with Crippen molar-refractivity contribution in [1.82, 2.24) is 15.2 Å². The molecule has 1 aromatic carbocycles. The first-order valence-corrected chi connectivity index (χ1v) is 8.44. The first kappa shape index (κ1) is 16.6. The van der Waals surface area contributed by atoms with E-state index in [2.05, 4.69) is 52.7 Å². The zero-order valence-electron chi connectivity index (χ0n) is 14.5. The van der Waals surface area contributed by atoms with Gasteiger partial charge < -0.3 is 15.4 Å². The van der Waals surface area contributed by atoms with E-state index >= 15 is 0 Å². The van der Waals surface area contributed by atoms with Gasteiger partial charge in [-0.2, -0.15) is 10.1 Å². The van der Waals surface area contributed by atoms with Gasteiger partial charge in [-0.25, -0.2) is 0 Å². The number of hydrogen-bond donors (Lipinski definition) is 2. The summed E-state index contributed by atoms with van der Waals surface area (Å²) in [6.45, 7) is 8.16. The smallest absolute Gasteiger partial charge is 0.249 e. The molecule has 0 saturated carbocycles. The minimum atomic E-state index is 0.0344. The Balaban J connectivity index is 1.71. The van der Waals surface area contributed by atoms with E-state index in [0.717, 1.165) is 31.7 Å². The Morgan fingerprint density at radius 3 is 2.83 bits per heavy atom. The highest BCUT2D eigenvalue weighted by atomic mass is 16.5. The quantitative estimate of drug-likeness (QED) is 0.876. The predicted molar refractivity (Wildman–Crippen MR) is 95.7 cm³/mol. The highest BCUT2D eigenvalue weighted by Crippen LogP contribution is 2.30. The average Bonchev–Trinajstić information content (AvgIpc) is 3.06. The van der Waals surface area contributed by atoms with Crippen molar-refractivity contribution in [2.45, 2.75) is 45.1 Å². The number of hydrogen-bond acceptors (Lipinski definition) is 6. The highest BCUT2D eigenvalue weighted by Gasteiger charge is 2.18. The molecule has 1 aliphatic heterocycles. The zero-order valence-corrected chi connectivity index (χ0v) is 14.5. The Morgan fingerprint density at radius 2 is 2.08 bits per heavy atom. The van der Waals surface area contributed by atoms with Crippen LogP contribution in [-0.4, -0.2) is 34.4 Å². The Hall–Kier alpha value is -2.21. The van der Waals surface area contributed by atoms with Crippen LogP contribution in [0.15, 0.2) is 30.5 Å². The van der Waals surface area contributed by atoms with E-state index in [1.54, 1.807) is 6.20 Å². The van der Waals surface area contributed by atoms with Crippen LogP contribution >= 0.6 is 0 Å². The third-order valence-electron chi connectivity index (χ3n) is 4.08. The molecule has 0 aliphatic carbocycles. The molecule has 1 saturated heterocycles. The van der Waals surface area contributed by atoms with Crippen LogP contribution in [0.1, 0.15) is 39.2 Å². The minimum Gasteiger partial charge on any atom is -0.376 e. The molecule has 0 bridgehead atoms. The van der Waals surface area contributed by atoms with Gasteiger partial charge in [0.15, 0.2) is 5.82 Å². The van der Waals surface area contributed by atoms with Gasteiger partial charge in [-0.3, -0.25) is 0 Å². The topological polar surface area (TPSA) is 72.0 Å². The van der Waals surface area contributed by atoms with Gasteiger partial charge in [-0.15, -0.1) is 5.10 Å². The van der Waals surface area contributed by atoms with Crippen molar-refractivity contribution < 1.29 is 4.74 Å². The van der Waals surface area contributed by atoms with Crippen LogP contribution in [0.2, 0.25) is 0 Å². The first-order chi connectivity index (χ1) is 11.5. The minimum absolute atomic E-state index is 0.0344. The molecular weight excluding hydrogens is 302 g/mol. The summed E-state index contributed by atoms with van der Waals surface area (Å²) in [5, 5.41) is 14.7. The number of nitrogens with zero attached hydrogens (tertiary/aromatic N) is 3. The molecule has 6 nitrogen and oxygen atoms in total. The Kier molecular flexibility index (Phi) is 4.94. The molecule has 1 aliphatic rings. The summed E-state index contributed by atoms with van der Waals surface area (Å²) in [6.07, 6.45) is 4.12. The van der Waals surface area contributed by atoms with E-state index in [0.29, 0.717) is 11.8 Å². The lowest BCUT2D eigenvalue weighted by atomic mass is 9.86. The SMILES string of the molecule is CC(C)(C)c1ccccc1Nc1nncc(NCC2CCCO2)n1. The van der Waals surface area contributed by atoms with Crippen LogP contribution in [0.25, 0.3) is 0 Å². The zero-order chi connectivity index (χ0) is 17.0. The fourth-order valence-electron chi connectivity index (χ4n) is 2.83. The number of anilines is 3. The largest absolute Gasteiger partial charge is 0.376 e. The maximum atomic E-state index is 5.61. The molecule has 1 unspecified atom stereocenters. The lowest BCUT2D eigenvalue weighted by Gasteiger charge is -2.22. The van der Waals surface area contributed by atoms with Gasteiger partial charge in [0.2, 0.25) is 5.95 Å². The van der Waals surface area contributed by atoms with Crippen LogP contribution in [0, 0.1) is 0 Å². The predicted octanol–water partition coefficient (Wildman–Crippen LogP) is 3.50. The lowest BCUT2D eigenvalue weighted by Crippen LogP contribution is -2.19. The third-order valence-corrected chi connectivity index (χ3v) is 4.08. The molecule has 1 aromatic heterocycles. The van der Waals surface area contributed by atoms with Gasteiger partial charge in [0.25, 0.3) is 0 Å². The summed E-state index contributed by atoms with van der Waals surface area (Å²) in [5.41, 5.74) is 2.25. The van der Waals surface area contributed by atoms with E-state index in [9.17, 15) is 0 Å². The van der Waals surface area contributed by atoms with E-state index in [1.807, 2.05) is 18.2 Å². The summed E-state index contributed by atoms with van der Waals surface area (Å²) < 4.78 is 5.61. The van der Waals surface area contributed by atoms with Crippen molar-refractivity contribution in [2.75, 3.05) is 23.8 Å².